The minimum atomic E-state index is 0.677. The van der Waals surface area contributed by atoms with Crippen LogP contribution in [-0.2, 0) is 0 Å². The summed E-state index contributed by atoms with van der Waals surface area (Å²) in [4.78, 5) is 4.20. The molecule has 0 amide bonds. The second kappa shape index (κ2) is 2.10. The maximum atomic E-state index is 4.20. The van der Waals surface area contributed by atoms with Crippen LogP contribution >= 0.6 is 0 Å². The van der Waals surface area contributed by atoms with E-state index in [1.54, 1.807) is 0 Å². The van der Waals surface area contributed by atoms with E-state index in [2.05, 4.69) is 32.2 Å². The lowest BCUT2D eigenvalue weighted by Crippen LogP contribution is -2.46. The summed E-state index contributed by atoms with van der Waals surface area (Å²) >= 11 is 0. The fraction of sp³-hybridized carbons (Fsp3) is 0.857. The molecule has 1 heterocycles. The molecule has 1 atom stereocenters. The van der Waals surface area contributed by atoms with Gasteiger partial charge in [0.05, 0.1) is 19.6 Å². The van der Waals surface area contributed by atoms with Crippen molar-refractivity contribution in [3.8, 4) is 0 Å². The highest BCUT2D eigenvalue weighted by Gasteiger charge is 2.26. The first-order valence-corrected chi connectivity index (χ1v) is 3.51. The first-order valence-electron chi connectivity index (χ1n) is 3.51. The van der Waals surface area contributed by atoms with Gasteiger partial charge in [0.2, 0.25) is 0 Å². The lowest BCUT2D eigenvalue weighted by atomic mass is 10.3. The molecule has 2 heteroatoms. The van der Waals surface area contributed by atoms with Crippen LogP contribution < -0.4 is 0 Å². The van der Waals surface area contributed by atoms with Crippen molar-refractivity contribution in [2.45, 2.75) is 19.9 Å². The molecule has 0 radical (unpaired) electrons. The molecule has 1 aliphatic rings. The summed E-state index contributed by atoms with van der Waals surface area (Å²) < 4.78 is 1.01. The van der Waals surface area contributed by atoms with Crippen molar-refractivity contribution in [2.75, 3.05) is 20.1 Å². The number of nitrogens with zero attached hydrogens (tertiary/aromatic N) is 2. The third-order valence-corrected chi connectivity index (χ3v) is 2.24. The smallest absolute Gasteiger partial charge is 0.185 e. The lowest BCUT2D eigenvalue weighted by Gasteiger charge is -2.29. The minimum Gasteiger partial charge on any atom is -0.280 e. The van der Waals surface area contributed by atoms with Gasteiger partial charge in [-0.3, -0.25) is 4.48 Å². The van der Waals surface area contributed by atoms with Crippen LogP contribution in [0.2, 0.25) is 0 Å². The fourth-order valence-corrected chi connectivity index (χ4v) is 0.967. The first kappa shape index (κ1) is 6.75. The monoisotopic (exact) mass is 127 g/mol. The van der Waals surface area contributed by atoms with Gasteiger partial charge < -0.3 is 0 Å². The van der Waals surface area contributed by atoms with E-state index in [1.807, 2.05) is 0 Å². The second-order valence-corrected chi connectivity index (χ2v) is 3.19. The Hall–Kier alpha value is -0.370. The highest BCUT2D eigenvalue weighted by molar-refractivity contribution is 5.48. The summed E-state index contributed by atoms with van der Waals surface area (Å²) in [6, 6.07) is 0.677. The van der Waals surface area contributed by atoms with Gasteiger partial charge in [0.25, 0.3) is 0 Å². The molecule has 0 aliphatic carbocycles. The van der Waals surface area contributed by atoms with Gasteiger partial charge in [-0.1, -0.05) is 0 Å². The molecule has 52 valence electrons. The van der Waals surface area contributed by atoms with Crippen LogP contribution in [0.3, 0.4) is 0 Å². The van der Waals surface area contributed by atoms with E-state index in [0.717, 1.165) is 11.0 Å². The SMILES string of the molecule is CC(C)[N+]1(C)C=NCC1. The van der Waals surface area contributed by atoms with Crippen molar-refractivity contribution >= 4 is 6.34 Å². The van der Waals surface area contributed by atoms with Crippen molar-refractivity contribution in [2.24, 2.45) is 4.99 Å². The van der Waals surface area contributed by atoms with E-state index in [9.17, 15) is 0 Å². The highest BCUT2D eigenvalue weighted by Crippen LogP contribution is 2.10. The van der Waals surface area contributed by atoms with Crippen LogP contribution in [0.1, 0.15) is 13.8 Å². The largest absolute Gasteiger partial charge is 0.280 e. The molecule has 0 aromatic heterocycles. The van der Waals surface area contributed by atoms with Crippen LogP contribution in [0.15, 0.2) is 4.99 Å². The molecular weight excluding hydrogens is 112 g/mol. The zero-order valence-electron chi connectivity index (χ0n) is 6.46. The van der Waals surface area contributed by atoms with Gasteiger partial charge in [-0.2, -0.15) is 0 Å². The molecule has 0 aromatic carbocycles. The Bertz CT molecular complexity index is 129. The predicted molar refractivity (Wildman–Crippen MR) is 39.5 cm³/mol. The molecule has 2 nitrogen and oxygen atoms in total. The molecular formula is C7H15N2+. The maximum absolute atomic E-state index is 4.20. The molecule has 0 bridgehead atoms. The normalized spacial score (nSPS) is 34.2. The molecule has 0 fully saturated rings. The van der Waals surface area contributed by atoms with Crippen LogP contribution in [0.4, 0.5) is 0 Å². The van der Waals surface area contributed by atoms with Crippen molar-refractivity contribution in [3.63, 3.8) is 0 Å². The number of quaternary nitrogens is 1. The Labute approximate surface area is 56.8 Å². The number of aliphatic imine (C=N–C) groups is 1. The van der Waals surface area contributed by atoms with E-state index < -0.39 is 0 Å². The summed E-state index contributed by atoms with van der Waals surface area (Å²) in [6.07, 6.45) is 2.06. The van der Waals surface area contributed by atoms with Crippen LogP contribution in [0.25, 0.3) is 0 Å². The second-order valence-electron chi connectivity index (χ2n) is 3.19. The van der Waals surface area contributed by atoms with Gasteiger partial charge in [0, 0.05) is 0 Å². The summed E-state index contributed by atoms with van der Waals surface area (Å²) in [5, 5.41) is 0. The molecule has 0 saturated carbocycles. The van der Waals surface area contributed by atoms with Crippen LogP contribution in [-0.4, -0.2) is 37.0 Å². The lowest BCUT2D eigenvalue weighted by molar-refractivity contribution is -0.830. The molecule has 9 heavy (non-hydrogen) atoms. The average Bonchev–Trinajstić information content (AvgIpc) is 2.16. The van der Waals surface area contributed by atoms with E-state index in [4.69, 9.17) is 0 Å². The molecule has 1 rings (SSSR count). The first-order chi connectivity index (χ1) is 4.15. The summed E-state index contributed by atoms with van der Waals surface area (Å²) in [5.41, 5.74) is 0. The van der Waals surface area contributed by atoms with Gasteiger partial charge in [0.1, 0.15) is 6.54 Å². The zero-order chi connectivity index (χ0) is 6.91. The van der Waals surface area contributed by atoms with Gasteiger partial charge in [-0.05, 0) is 13.8 Å². The van der Waals surface area contributed by atoms with Crippen molar-refractivity contribution in [3.05, 3.63) is 0 Å². The maximum Gasteiger partial charge on any atom is 0.185 e. The average molecular weight is 127 g/mol. The summed E-state index contributed by atoms with van der Waals surface area (Å²) in [7, 11) is 2.22. The standard InChI is InChI=1S/C7H15N2/c1-7(2)9(3)5-4-8-6-9/h6-7H,4-5H2,1-3H3/q+1. The Morgan fingerprint density at radius 2 is 2.22 bits per heavy atom. The molecule has 0 saturated heterocycles. The zero-order valence-corrected chi connectivity index (χ0v) is 6.46. The molecule has 1 unspecified atom stereocenters. The molecule has 1 aliphatic heterocycles. The highest BCUT2D eigenvalue weighted by atomic mass is 15.4. The topological polar surface area (TPSA) is 12.4 Å². The Morgan fingerprint density at radius 1 is 1.56 bits per heavy atom. The van der Waals surface area contributed by atoms with E-state index in [0.29, 0.717) is 6.04 Å². The van der Waals surface area contributed by atoms with Gasteiger partial charge >= 0.3 is 0 Å². The van der Waals surface area contributed by atoms with Crippen LogP contribution in [0.5, 0.6) is 0 Å². The fourth-order valence-electron chi connectivity index (χ4n) is 0.967. The van der Waals surface area contributed by atoms with E-state index in [1.165, 1.54) is 6.54 Å². The van der Waals surface area contributed by atoms with E-state index in [-0.39, 0.29) is 0 Å². The Kier molecular flexibility index (Phi) is 1.58. The quantitative estimate of drug-likeness (QED) is 0.464. The van der Waals surface area contributed by atoms with E-state index >= 15 is 0 Å². The Balaban J connectivity index is 2.62. The summed E-state index contributed by atoms with van der Waals surface area (Å²) in [5.74, 6) is 0. The van der Waals surface area contributed by atoms with Crippen molar-refractivity contribution in [1.82, 2.24) is 0 Å². The number of rotatable bonds is 1. The predicted octanol–water partition coefficient (Wildman–Crippen LogP) is 0.883. The minimum absolute atomic E-state index is 0.677. The molecule has 0 spiro atoms. The number of hydrogen-bond acceptors (Lipinski definition) is 1. The third-order valence-electron chi connectivity index (χ3n) is 2.24. The molecule has 0 aromatic rings. The summed E-state index contributed by atoms with van der Waals surface area (Å²) in [6.45, 7) is 6.65. The van der Waals surface area contributed by atoms with Crippen LogP contribution in [0, 0.1) is 0 Å². The number of hydrogen-bond donors (Lipinski definition) is 0. The van der Waals surface area contributed by atoms with Crippen molar-refractivity contribution < 1.29 is 4.48 Å². The molecule has 0 N–H and O–H groups in total. The van der Waals surface area contributed by atoms with Crippen molar-refractivity contribution in [1.29, 1.82) is 0 Å². The van der Waals surface area contributed by atoms with Gasteiger partial charge in [-0.25, -0.2) is 4.99 Å². The van der Waals surface area contributed by atoms with Gasteiger partial charge in [-0.15, -0.1) is 0 Å². The number of likely N-dealkylation sites (N-methyl/N-ethyl adjacent to an activating group) is 1. The Morgan fingerprint density at radius 3 is 2.44 bits per heavy atom. The van der Waals surface area contributed by atoms with Gasteiger partial charge in [0.15, 0.2) is 6.34 Å². The third kappa shape index (κ3) is 1.13.